The molecule has 1 aliphatic heterocycles. The van der Waals surface area contributed by atoms with E-state index in [9.17, 15) is 0 Å². The summed E-state index contributed by atoms with van der Waals surface area (Å²) in [6, 6.07) is 16.3. The maximum atomic E-state index is 5.95. The van der Waals surface area contributed by atoms with E-state index in [0.29, 0.717) is 5.92 Å². The van der Waals surface area contributed by atoms with Gasteiger partial charge in [-0.05, 0) is 55.2 Å². The molecule has 0 atom stereocenters. The van der Waals surface area contributed by atoms with Crippen molar-refractivity contribution < 1.29 is 4.42 Å². The summed E-state index contributed by atoms with van der Waals surface area (Å²) in [7, 11) is 0. The highest BCUT2D eigenvalue weighted by Gasteiger charge is 2.26. The summed E-state index contributed by atoms with van der Waals surface area (Å²) in [5.74, 6) is 1.23. The number of hydrogen-bond acceptors (Lipinski definition) is 3. The van der Waals surface area contributed by atoms with Crippen LogP contribution in [0, 0.1) is 0 Å². The molecule has 1 aromatic heterocycles. The minimum Gasteiger partial charge on any atom is -0.440 e. The average molecular weight is 366 g/mol. The van der Waals surface area contributed by atoms with Crippen molar-refractivity contribution in [2.75, 3.05) is 18.4 Å². The van der Waals surface area contributed by atoms with Gasteiger partial charge in [0, 0.05) is 24.7 Å². The van der Waals surface area contributed by atoms with E-state index in [0.717, 1.165) is 60.1 Å². The lowest BCUT2D eigenvalue weighted by Crippen LogP contribution is -2.40. The summed E-state index contributed by atoms with van der Waals surface area (Å²) < 4.78 is 5.95. The summed E-state index contributed by atoms with van der Waals surface area (Å²) in [5.41, 5.74) is 4.22. The Hall–Kier alpha value is -2.40. The Balaban J connectivity index is 1.39. The summed E-state index contributed by atoms with van der Waals surface area (Å²) in [5, 5.41) is 4.23. The fourth-order valence-corrected chi connectivity index (χ4v) is 3.83. The standard InChI is InChI=1S/C21H23N3OS/c1-2-15-7-3-4-8-17(15)23-21(26)24-13-11-16(12-14-24)20-22-18-9-5-6-10-19(18)25-20/h3-10,16H,2,11-14H2,1H3,(H,23,26). The normalized spacial score (nSPS) is 15.3. The molecule has 5 heteroatoms. The number of aromatic nitrogens is 1. The first-order valence-corrected chi connectivity index (χ1v) is 9.64. The molecule has 4 rings (SSSR count). The quantitative estimate of drug-likeness (QED) is 0.664. The van der Waals surface area contributed by atoms with Crippen LogP contribution in [0.1, 0.15) is 37.1 Å². The lowest BCUT2D eigenvalue weighted by Gasteiger charge is -2.33. The average Bonchev–Trinajstić information content (AvgIpc) is 3.13. The lowest BCUT2D eigenvalue weighted by molar-refractivity contribution is 0.290. The second kappa shape index (κ2) is 7.46. The van der Waals surface area contributed by atoms with E-state index in [-0.39, 0.29) is 0 Å². The molecule has 3 aromatic rings. The van der Waals surface area contributed by atoms with Crippen molar-refractivity contribution in [2.45, 2.75) is 32.1 Å². The number of fused-ring (bicyclic) bond motifs is 1. The summed E-state index contributed by atoms with van der Waals surface area (Å²) in [6.45, 7) is 4.00. The molecule has 26 heavy (non-hydrogen) atoms. The van der Waals surface area contributed by atoms with Gasteiger partial charge in [0.2, 0.25) is 0 Å². The highest BCUT2D eigenvalue weighted by Crippen LogP contribution is 2.30. The molecular formula is C21H23N3OS. The van der Waals surface area contributed by atoms with Crippen LogP contribution in [0.15, 0.2) is 52.9 Å². The molecule has 0 bridgehead atoms. The van der Waals surface area contributed by atoms with Gasteiger partial charge in [-0.3, -0.25) is 0 Å². The SMILES string of the molecule is CCc1ccccc1NC(=S)N1CCC(c2nc3ccccc3o2)CC1. The van der Waals surface area contributed by atoms with Gasteiger partial charge in [0.25, 0.3) is 0 Å². The van der Waals surface area contributed by atoms with Crippen molar-refractivity contribution in [3.05, 3.63) is 60.0 Å². The van der Waals surface area contributed by atoms with Crippen LogP contribution in [0.3, 0.4) is 0 Å². The first-order valence-electron chi connectivity index (χ1n) is 9.24. The predicted molar refractivity (Wildman–Crippen MR) is 110 cm³/mol. The van der Waals surface area contributed by atoms with Gasteiger partial charge in [0.15, 0.2) is 16.6 Å². The number of likely N-dealkylation sites (tertiary alicyclic amines) is 1. The molecule has 1 N–H and O–H groups in total. The molecule has 2 aromatic carbocycles. The second-order valence-electron chi connectivity index (χ2n) is 6.72. The highest BCUT2D eigenvalue weighted by atomic mass is 32.1. The number of aryl methyl sites for hydroxylation is 1. The van der Waals surface area contributed by atoms with Gasteiger partial charge in [0.1, 0.15) is 5.52 Å². The molecule has 1 aliphatic rings. The van der Waals surface area contributed by atoms with Gasteiger partial charge in [-0.15, -0.1) is 0 Å². The monoisotopic (exact) mass is 365 g/mol. The minimum absolute atomic E-state index is 0.365. The Morgan fingerprint density at radius 1 is 1.15 bits per heavy atom. The van der Waals surface area contributed by atoms with Gasteiger partial charge in [0.05, 0.1) is 0 Å². The first kappa shape index (κ1) is 17.0. The topological polar surface area (TPSA) is 41.3 Å². The molecule has 134 valence electrons. The third-order valence-electron chi connectivity index (χ3n) is 5.08. The summed E-state index contributed by atoms with van der Waals surface area (Å²) in [4.78, 5) is 6.91. The Kier molecular flexibility index (Phi) is 4.89. The number of hydrogen-bond donors (Lipinski definition) is 1. The highest BCUT2D eigenvalue weighted by molar-refractivity contribution is 7.80. The number of oxazole rings is 1. The van der Waals surface area contributed by atoms with Crippen molar-refractivity contribution in [1.29, 1.82) is 0 Å². The maximum Gasteiger partial charge on any atom is 0.198 e. The van der Waals surface area contributed by atoms with Gasteiger partial charge in [-0.2, -0.15) is 0 Å². The number of benzene rings is 2. The maximum absolute atomic E-state index is 5.95. The van der Waals surface area contributed by atoms with Crippen molar-refractivity contribution in [3.63, 3.8) is 0 Å². The van der Waals surface area contributed by atoms with Gasteiger partial charge in [-0.25, -0.2) is 4.98 Å². The molecule has 0 aliphatic carbocycles. The molecule has 0 radical (unpaired) electrons. The lowest BCUT2D eigenvalue weighted by atomic mass is 9.97. The fourth-order valence-electron chi connectivity index (χ4n) is 3.54. The smallest absolute Gasteiger partial charge is 0.198 e. The number of anilines is 1. The number of para-hydroxylation sites is 3. The van der Waals surface area contributed by atoms with E-state index in [1.54, 1.807) is 0 Å². The van der Waals surface area contributed by atoms with Crippen LogP contribution < -0.4 is 5.32 Å². The molecule has 0 spiro atoms. The summed E-state index contributed by atoms with van der Waals surface area (Å²) >= 11 is 5.65. The largest absolute Gasteiger partial charge is 0.440 e. The molecule has 0 amide bonds. The molecule has 4 nitrogen and oxygen atoms in total. The second-order valence-corrected chi connectivity index (χ2v) is 7.11. The molecule has 0 unspecified atom stereocenters. The van der Waals surface area contributed by atoms with Crippen LogP contribution in [-0.4, -0.2) is 28.1 Å². The Bertz CT molecular complexity index is 879. The van der Waals surface area contributed by atoms with Crippen LogP contribution >= 0.6 is 12.2 Å². The zero-order chi connectivity index (χ0) is 17.9. The Morgan fingerprint density at radius 2 is 1.88 bits per heavy atom. The number of nitrogens with zero attached hydrogens (tertiary/aromatic N) is 2. The zero-order valence-corrected chi connectivity index (χ0v) is 15.8. The number of nitrogens with one attached hydrogen (secondary N) is 1. The number of rotatable bonds is 3. The Morgan fingerprint density at radius 3 is 2.65 bits per heavy atom. The molecule has 1 fully saturated rings. The van der Waals surface area contributed by atoms with Crippen LogP contribution in [0.25, 0.3) is 11.1 Å². The van der Waals surface area contributed by atoms with Gasteiger partial charge < -0.3 is 14.6 Å². The zero-order valence-electron chi connectivity index (χ0n) is 14.9. The third kappa shape index (κ3) is 3.44. The van der Waals surface area contributed by atoms with Gasteiger partial charge >= 0.3 is 0 Å². The van der Waals surface area contributed by atoms with E-state index in [4.69, 9.17) is 16.6 Å². The first-order chi connectivity index (χ1) is 12.7. The fraction of sp³-hybridized carbons (Fsp3) is 0.333. The third-order valence-corrected chi connectivity index (χ3v) is 5.44. The molecule has 0 saturated carbocycles. The van der Waals surface area contributed by atoms with E-state index < -0.39 is 0 Å². The van der Waals surface area contributed by atoms with E-state index >= 15 is 0 Å². The molecular weight excluding hydrogens is 342 g/mol. The van der Waals surface area contributed by atoms with Gasteiger partial charge in [-0.1, -0.05) is 37.3 Å². The van der Waals surface area contributed by atoms with Crippen LogP contribution in [0.2, 0.25) is 0 Å². The van der Waals surface area contributed by atoms with Crippen LogP contribution in [-0.2, 0) is 6.42 Å². The van der Waals surface area contributed by atoms with E-state index in [2.05, 4.69) is 40.3 Å². The van der Waals surface area contributed by atoms with E-state index in [1.165, 1.54) is 5.56 Å². The van der Waals surface area contributed by atoms with Crippen molar-refractivity contribution in [1.82, 2.24) is 9.88 Å². The summed E-state index contributed by atoms with van der Waals surface area (Å²) in [6.07, 6.45) is 3.00. The predicted octanol–water partition coefficient (Wildman–Crippen LogP) is 4.97. The number of thiocarbonyl (C=S) groups is 1. The van der Waals surface area contributed by atoms with Crippen LogP contribution in [0.4, 0.5) is 5.69 Å². The minimum atomic E-state index is 0.365. The van der Waals surface area contributed by atoms with Crippen molar-refractivity contribution in [3.8, 4) is 0 Å². The van der Waals surface area contributed by atoms with Crippen molar-refractivity contribution in [2.24, 2.45) is 0 Å². The molecule has 2 heterocycles. The van der Waals surface area contributed by atoms with E-state index in [1.807, 2.05) is 30.3 Å². The Labute approximate surface area is 159 Å². The van der Waals surface area contributed by atoms with Crippen molar-refractivity contribution >= 4 is 34.1 Å². The number of piperidine rings is 1. The van der Waals surface area contributed by atoms with Crippen LogP contribution in [0.5, 0.6) is 0 Å². The molecule has 1 saturated heterocycles.